The quantitative estimate of drug-likeness (QED) is 0.622. The lowest BCUT2D eigenvalue weighted by Crippen LogP contribution is -2.34. The number of benzene rings is 1. The van der Waals surface area contributed by atoms with Crippen molar-refractivity contribution in [1.82, 2.24) is 0 Å². The number of hydrogen-bond donors (Lipinski definition) is 1. The maximum Gasteiger partial charge on any atom is 0.200 e. The van der Waals surface area contributed by atoms with E-state index in [9.17, 15) is 4.79 Å². The molecule has 1 rings (SSSR count). The molecule has 0 fully saturated rings. The smallest absolute Gasteiger partial charge is 0.200 e. The first-order chi connectivity index (χ1) is 6.08. The van der Waals surface area contributed by atoms with E-state index in [-0.39, 0.29) is 12.3 Å². The Morgan fingerprint density at radius 1 is 1.31 bits per heavy atom. The standard InChI is InChI=1S/C9H9Cl2NO/c10-9(11,6-12)8(13)7-4-2-1-3-5-7/h1-5H,6,12H2. The van der Waals surface area contributed by atoms with Gasteiger partial charge >= 0.3 is 0 Å². The largest absolute Gasteiger partial charge is 0.327 e. The summed E-state index contributed by atoms with van der Waals surface area (Å²) in [4.78, 5) is 11.6. The molecule has 0 amide bonds. The predicted octanol–water partition coefficient (Wildman–Crippen LogP) is 2.00. The van der Waals surface area contributed by atoms with Crippen LogP contribution < -0.4 is 5.73 Å². The maximum absolute atomic E-state index is 11.6. The Morgan fingerprint density at radius 3 is 2.31 bits per heavy atom. The molecule has 0 aliphatic carbocycles. The minimum absolute atomic E-state index is 0.0934. The van der Waals surface area contributed by atoms with Crippen molar-refractivity contribution in [2.24, 2.45) is 5.73 Å². The highest BCUT2D eigenvalue weighted by molar-refractivity contribution is 6.60. The van der Waals surface area contributed by atoms with Crippen LogP contribution in [0.4, 0.5) is 0 Å². The lowest BCUT2D eigenvalue weighted by atomic mass is 10.1. The first kappa shape index (κ1) is 10.5. The summed E-state index contributed by atoms with van der Waals surface area (Å²) in [6, 6.07) is 8.60. The van der Waals surface area contributed by atoms with Gasteiger partial charge in [-0.05, 0) is 0 Å². The van der Waals surface area contributed by atoms with Gasteiger partial charge in [0.25, 0.3) is 0 Å². The molecule has 13 heavy (non-hydrogen) atoms. The number of Topliss-reactive ketones (excluding diaryl/α,β-unsaturated/α-hetero) is 1. The highest BCUT2D eigenvalue weighted by Crippen LogP contribution is 2.24. The Labute approximate surface area is 86.6 Å². The number of alkyl halides is 2. The van der Waals surface area contributed by atoms with Crippen molar-refractivity contribution in [3.63, 3.8) is 0 Å². The highest BCUT2D eigenvalue weighted by atomic mass is 35.5. The first-order valence-corrected chi connectivity index (χ1v) is 4.51. The number of halogens is 2. The zero-order chi connectivity index (χ0) is 9.90. The molecule has 4 heteroatoms. The Balaban J connectivity index is 2.93. The fourth-order valence-electron chi connectivity index (χ4n) is 0.893. The van der Waals surface area contributed by atoms with Crippen molar-refractivity contribution in [1.29, 1.82) is 0 Å². The van der Waals surface area contributed by atoms with E-state index in [0.29, 0.717) is 5.56 Å². The summed E-state index contributed by atoms with van der Waals surface area (Å²) in [6.07, 6.45) is 0. The van der Waals surface area contributed by atoms with E-state index in [1.807, 2.05) is 6.07 Å². The van der Waals surface area contributed by atoms with Gasteiger partial charge < -0.3 is 5.73 Å². The number of rotatable bonds is 3. The van der Waals surface area contributed by atoms with Crippen LogP contribution in [0.5, 0.6) is 0 Å². The third kappa shape index (κ3) is 2.44. The summed E-state index contributed by atoms with van der Waals surface area (Å²) >= 11 is 11.4. The van der Waals surface area contributed by atoms with Gasteiger partial charge in [-0.2, -0.15) is 0 Å². The second kappa shape index (κ2) is 4.09. The first-order valence-electron chi connectivity index (χ1n) is 3.75. The molecule has 0 heterocycles. The fourth-order valence-corrected chi connectivity index (χ4v) is 1.11. The van der Waals surface area contributed by atoms with Gasteiger partial charge in [0.05, 0.1) is 0 Å². The van der Waals surface area contributed by atoms with Gasteiger partial charge in [0, 0.05) is 12.1 Å². The van der Waals surface area contributed by atoms with Crippen LogP contribution in [0.1, 0.15) is 10.4 Å². The van der Waals surface area contributed by atoms with Crippen molar-refractivity contribution in [3.8, 4) is 0 Å². The van der Waals surface area contributed by atoms with Gasteiger partial charge in [-0.1, -0.05) is 53.5 Å². The van der Waals surface area contributed by atoms with Gasteiger partial charge in [0.1, 0.15) is 0 Å². The zero-order valence-corrected chi connectivity index (χ0v) is 8.35. The highest BCUT2D eigenvalue weighted by Gasteiger charge is 2.32. The Bertz CT molecular complexity index is 298. The summed E-state index contributed by atoms with van der Waals surface area (Å²) in [6.45, 7) is -0.0934. The molecule has 0 bridgehead atoms. The van der Waals surface area contributed by atoms with Crippen LogP contribution >= 0.6 is 23.2 Å². The molecule has 0 aliphatic heterocycles. The van der Waals surface area contributed by atoms with Crippen LogP contribution in [0.2, 0.25) is 0 Å². The third-order valence-corrected chi connectivity index (χ3v) is 2.28. The van der Waals surface area contributed by atoms with Gasteiger partial charge in [0.15, 0.2) is 10.1 Å². The monoisotopic (exact) mass is 217 g/mol. The molecule has 0 saturated heterocycles. The minimum Gasteiger partial charge on any atom is -0.327 e. The number of carbonyl (C=O) groups is 1. The van der Waals surface area contributed by atoms with Crippen LogP contribution in [-0.4, -0.2) is 16.7 Å². The van der Waals surface area contributed by atoms with E-state index < -0.39 is 4.33 Å². The van der Waals surface area contributed by atoms with E-state index in [1.54, 1.807) is 24.3 Å². The molecule has 0 atom stereocenters. The van der Waals surface area contributed by atoms with E-state index in [0.717, 1.165) is 0 Å². The molecule has 0 radical (unpaired) electrons. The van der Waals surface area contributed by atoms with Crippen molar-refractivity contribution in [3.05, 3.63) is 35.9 Å². The van der Waals surface area contributed by atoms with Crippen molar-refractivity contribution >= 4 is 29.0 Å². The van der Waals surface area contributed by atoms with Crippen molar-refractivity contribution in [2.75, 3.05) is 6.54 Å². The number of carbonyl (C=O) groups excluding carboxylic acids is 1. The summed E-state index contributed by atoms with van der Waals surface area (Å²) in [7, 11) is 0. The SMILES string of the molecule is NCC(Cl)(Cl)C(=O)c1ccccc1. The van der Waals surface area contributed by atoms with Crippen LogP contribution in [0.15, 0.2) is 30.3 Å². The minimum atomic E-state index is -1.51. The summed E-state index contributed by atoms with van der Waals surface area (Å²) in [5.74, 6) is -0.362. The zero-order valence-electron chi connectivity index (χ0n) is 6.84. The number of ketones is 1. The van der Waals surface area contributed by atoms with Crippen molar-refractivity contribution in [2.45, 2.75) is 4.33 Å². The molecule has 1 aromatic carbocycles. The Kier molecular flexibility index (Phi) is 3.31. The predicted molar refractivity (Wildman–Crippen MR) is 54.3 cm³/mol. The number of hydrogen-bond acceptors (Lipinski definition) is 2. The Hall–Kier alpha value is -0.570. The molecule has 0 aromatic heterocycles. The maximum atomic E-state index is 11.6. The van der Waals surface area contributed by atoms with Crippen LogP contribution in [0.25, 0.3) is 0 Å². The average Bonchev–Trinajstić information content (AvgIpc) is 2.18. The van der Waals surface area contributed by atoms with E-state index in [2.05, 4.69) is 0 Å². The van der Waals surface area contributed by atoms with Crippen molar-refractivity contribution < 1.29 is 4.79 Å². The van der Waals surface area contributed by atoms with E-state index in [1.165, 1.54) is 0 Å². The van der Waals surface area contributed by atoms with E-state index in [4.69, 9.17) is 28.9 Å². The van der Waals surface area contributed by atoms with Gasteiger partial charge in [-0.15, -0.1) is 0 Å². The summed E-state index contributed by atoms with van der Waals surface area (Å²) < 4.78 is -1.51. The average molecular weight is 218 g/mol. The van der Waals surface area contributed by atoms with Crippen LogP contribution in [-0.2, 0) is 0 Å². The third-order valence-electron chi connectivity index (χ3n) is 1.62. The summed E-state index contributed by atoms with van der Waals surface area (Å²) in [5.41, 5.74) is 5.73. The van der Waals surface area contributed by atoms with Gasteiger partial charge in [-0.3, -0.25) is 4.79 Å². The molecule has 2 N–H and O–H groups in total. The lowest BCUT2D eigenvalue weighted by Gasteiger charge is -2.14. The summed E-state index contributed by atoms with van der Waals surface area (Å²) in [5, 5.41) is 0. The second-order valence-electron chi connectivity index (χ2n) is 2.60. The second-order valence-corrected chi connectivity index (χ2v) is 4.09. The fraction of sp³-hybridized carbons (Fsp3) is 0.222. The van der Waals surface area contributed by atoms with Crippen LogP contribution in [0.3, 0.4) is 0 Å². The Morgan fingerprint density at radius 2 is 1.85 bits per heavy atom. The van der Waals surface area contributed by atoms with Crippen LogP contribution in [0, 0.1) is 0 Å². The topological polar surface area (TPSA) is 43.1 Å². The molecular weight excluding hydrogens is 209 g/mol. The molecule has 0 aliphatic rings. The lowest BCUT2D eigenvalue weighted by molar-refractivity contribution is 0.0975. The molecule has 0 saturated carbocycles. The van der Waals surface area contributed by atoms with E-state index >= 15 is 0 Å². The molecule has 70 valence electrons. The molecule has 0 spiro atoms. The van der Waals surface area contributed by atoms with Gasteiger partial charge in [-0.25, -0.2) is 0 Å². The molecule has 0 unspecified atom stereocenters. The number of nitrogens with two attached hydrogens (primary N) is 1. The van der Waals surface area contributed by atoms with Gasteiger partial charge in [0.2, 0.25) is 0 Å². The molecular formula is C9H9Cl2NO. The molecule has 1 aromatic rings. The molecule has 2 nitrogen and oxygen atoms in total. The normalized spacial score (nSPS) is 11.3.